The molecule has 6 heteroatoms. The Morgan fingerprint density at radius 2 is 1.54 bits per heavy atom. The van der Waals surface area contributed by atoms with Crippen molar-refractivity contribution in [3.05, 3.63) is 75.7 Å². The number of carbonyl (C=O) groups is 1. The maximum atomic E-state index is 12.7. The van der Waals surface area contributed by atoms with E-state index in [1.807, 2.05) is 48.0 Å². The van der Waals surface area contributed by atoms with Crippen LogP contribution in [0.3, 0.4) is 0 Å². The number of hydrogen-bond acceptors (Lipinski definition) is 3. The predicted octanol–water partition coefficient (Wildman–Crippen LogP) is 9.07. The number of unbranched alkanes of at least 4 members (excludes halogenated alkanes) is 11. The lowest BCUT2D eigenvalue weighted by molar-refractivity contribution is -0.683. The van der Waals surface area contributed by atoms with Gasteiger partial charge in [0.05, 0.1) is 17.0 Å². The number of thiazole rings is 1. The largest absolute Gasteiger partial charge is 0.492 e. The van der Waals surface area contributed by atoms with E-state index in [0.717, 1.165) is 18.5 Å². The van der Waals surface area contributed by atoms with Gasteiger partial charge in [-0.15, -0.1) is 0 Å². The van der Waals surface area contributed by atoms with Crippen molar-refractivity contribution >= 4 is 34.5 Å². The predicted molar refractivity (Wildman–Crippen MR) is 156 cm³/mol. The summed E-state index contributed by atoms with van der Waals surface area (Å²) >= 11 is 8.08. The summed E-state index contributed by atoms with van der Waals surface area (Å²) in [6, 6.07) is 13.1. The number of aromatic nitrogens is 1. The number of nitrogens with zero attached hydrogens (tertiary/aromatic N) is 1. The summed E-state index contributed by atoms with van der Waals surface area (Å²) in [6.45, 7) is 3.73. The number of amides is 1. The lowest BCUT2D eigenvalue weighted by Crippen LogP contribution is -2.30. The molecule has 1 heterocycles. The highest BCUT2D eigenvalue weighted by atomic mass is 35.5. The summed E-state index contributed by atoms with van der Waals surface area (Å²) in [5.74, 6) is 0.508. The Hall–Kier alpha value is -2.37. The Morgan fingerprint density at radius 3 is 2.14 bits per heavy atom. The molecule has 0 saturated heterocycles. The molecule has 3 rings (SSSR count). The fourth-order valence-electron chi connectivity index (χ4n) is 4.35. The second-order valence-electron chi connectivity index (χ2n) is 9.73. The lowest BCUT2D eigenvalue weighted by atomic mass is 10.1. The van der Waals surface area contributed by atoms with Crippen LogP contribution in [0.1, 0.15) is 99.9 Å². The van der Waals surface area contributed by atoms with Gasteiger partial charge in [-0.2, -0.15) is 4.57 Å². The van der Waals surface area contributed by atoms with Crippen LogP contribution >= 0.6 is 22.9 Å². The number of benzene rings is 2. The Balaban J connectivity index is 1.29. The van der Waals surface area contributed by atoms with Crippen molar-refractivity contribution < 1.29 is 14.1 Å². The molecule has 0 bridgehead atoms. The van der Waals surface area contributed by atoms with E-state index in [0.29, 0.717) is 28.6 Å². The molecule has 0 fully saturated rings. The topological polar surface area (TPSA) is 42.2 Å². The molecule has 0 unspecified atom stereocenters. The van der Waals surface area contributed by atoms with Gasteiger partial charge in [-0.1, -0.05) is 113 Å². The highest BCUT2D eigenvalue weighted by Crippen LogP contribution is 2.28. The smallest absolute Gasteiger partial charge is 0.255 e. The van der Waals surface area contributed by atoms with Crippen molar-refractivity contribution in [2.45, 2.75) is 90.5 Å². The normalized spacial score (nSPS) is 11.0. The maximum Gasteiger partial charge on any atom is 0.255 e. The zero-order valence-corrected chi connectivity index (χ0v) is 23.8. The molecule has 0 aliphatic carbocycles. The first-order valence-corrected chi connectivity index (χ1v) is 15.2. The van der Waals surface area contributed by atoms with Gasteiger partial charge in [0.15, 0.2) is 12.7 Å². The molecule has 1 aromatic heterocycles. The van der Waals surface area contributed by atoms with Crippen LogP contribution in [0, 0.1) is 0 Å². The minimum absolute atomic E-state index is 0.157. The molecule has 0 radical (unpaired) electrons. The van der Waals surface area contributed by atoms with Crippen molar-refractivity contribution in [2.24, 2.45) is 0 Å². The van der Waals surface area contributed by atoms with Crippen LogP contribution in [0.15, 0.2) is 59.6 Å². The fraction of sp³-hybridized carbons (Fsp3) is 0.484. The van der Waals surface area contributed by atoms with Gasteiger partial charge in [-0.05, 0) is 36.8 Å². The van der Waals surface area contributed by atoms with Crippen LogP contribution < -0.4 is 14.6 Å². The first kappa shape index (κ1) is 29.2. The van der Waals surface area contributed by atoms with Gasteiger partial charge in [0.25, 0.3) is 5.91 Å². The molecular weight excluding hydrogens is 500 g/mol. The standard InChI is InChI=1S/C31H41ClN2O2S/c1-2-3-4-5-6-7-8-9-10-11-12-13-21-36-30-19-18-28(23-29(30)32)33-31(35)27-16-14-26(15-17-27)24-34-20-22-37-25-34/h14-20,22-23,25H,2-13,21,24H2,1H3/p+1. The molecule has 0 aliphatic heterocycles. The molecule has 4 nitrogen and oxygen atoms in total. The van der Waals surface area contributed by atoms with E-state index in [9.17, 15) is 4.79 Å². The summed E-state index contributed by atoms with van der Waals surface area (Å²) in [6.07, 6.45) is 17.9. The van der Waals surface area contributed by atoms with E-state index in [1.165, 1.54) is 70.6 Å². The fourth-order valence-corrected chi connectivity index (χ4v) is 5.18. The van der Waals surface area contributed by atoms with Gasteiger partial charge in [0.1, 0.15) is 5.75 Å². The van der Waals surface area contributed by atoms with Crippen molar-refractivity contribution in [3.8, 4) is 5.75 Å². The van der Waals surface area contributed by atoms with Crippen LogP contribution in [-0.4, -0.2) is 12.5 Å². The summed E-state index contributed by atoms with van der Waals surface area (Å²) in [5, 5.41) is 5.48. The van der Waals surface area contributed by atoms with Crippen LogP contribution in [0.4, 0.5) is 5.69 Å². The molecule has 1 amide bonds. The van der Waals surface area contributed by atoms with Gasteiger partial charge in [0.2, 0.25) is 5.51 Å². The number of ether oxygens (including phenoxy) is 1. The van der Waals surface area contributed by atoms with E-state index >= 15 is 0 Å². The second-order valence-corrected chi connectivity index (χ2v) is 10.9. The monoisotopic (exact) mass is 541 g/mol. The lowest BCUT2D eigenvalue weighted by Gasteiger charge is -2.11. The Kier molecular flexibility index (Phi) is 13.6. The third-order valence-electron chi connectivity index (χ3n) is 6.55. The maximum absolute atomic E-state index is 12.7. The van der Waals surface area contributed by atoms with Gasteiger partial charge in [0, 0.05) is 16.8 Å². The van der Waals surface area contributed by atoms with Crippen molar-refractivity contribution in [1.82, 2.24) is 0 Å². The number of rotatable bonds is 18. The molecule has 0 atom stereocenters. The number of halogens is 1. The molecular formula is C31H42ClN2O2S+. The molecule has 3 aromatic rings. The van der Waals surface area contributed by atoms with Gasteiger partial charge in [-0.25, -0.2) is 0 Å². The van der Waals surface area contributed by atoms with E-state index in [1.54, 1.807) is 17.4 Å². The first-order valence-electron chi connectivity index (χ1n) is 13.9. The van der Waals surface area contributed by atoms with Crippen molar-refractivity contribution in [2.75, 3.05) is 11.9 Å². The van der Waals surface area contributed by atoms with Crippen LogP contribution in [-0.2, 0) is 6.54 Å². The highest BCUT2D eigenvalue weighted by Gasteiger charge is 2.10. The van der Waals surface area contributed by atoms with E-state index in [2.05, 4.69) is 22.3 Å². The number of carbonyl (C=O) groups excluding carboxylic acids is 1. The minimum Gasteiger partial charge on any atom is -0.492 e. The zero-order valence-electron chi connectivity index (χ0n) is 22.2. The number of hydrogen-bond donors (Lipinski definition) is 1. The Bertz CT molecular complexity index is 1040. The Labute approximate surface area is 232 Å². The average molecular weight is 542 g/mol. The van der Waals surface area contributed by atoms with Gasteiger partial charge < -0.3 is 10.1 Å². The molecule has 37 heavy (non-hydrogen) atoms. The Morgan fingerprint density at radius 1 is 0.892 bits per heavy atom. The average Bonchev–Trinajstić information content (AvgIpc) is 3.41. The van der Waals surface area contributed by atoms with Crippen molar-refractivity contribution in [1.29, 1.82) is 0 Å². The molecule has 2 aromatic carbocycles. The molecule has 1 N–H and O–H groups in total. The minimum atomic E-state index is -0.157. The molecule has 0 saturated carbocycles. The molecule has 0 aliphatic rings. The number of anilines is 1. The zero-order chi connectivity index (χ0) is 26.1. The third kappa shape index (κ3) is 11.3. The first-order chi connectivity index (χ1) is 18.2. The van der Waals surface area contributed by atoms with Crippen LogP contribution in [0.25, 0.3) is 0 Å². The van der Waals surface area contributed by atoms with E-state index < -0.39 is 0 Å². The summed E-state index contributed by atoms with van der Waals surface area (Å²) in [5.41, 5.74) is 4.49. The van der Waals surface area contributed by atoms with Gasteiger partial charge in [-0.3, -0.25) is 4.79 Å². The van der Waals surface area contributed by atoms with E-state index in [4.69, 9.17) is 16.3 Å². The van der Waals surface area contributed by atoms with Crippen LogP contribution in [0.5, 0.6) is 5.75 Å². The number of nitrogens with one attached hydrogen (secondary N) is 1. The molecule has 0 spiro atoms. The van der Waals surface area contributed by atoms with Crippen molar-refractivity contribution in [3.63, 3.8) is 0 Å². The highest BCUT2D eigenvalue weighted by molar-refractivity contribution is 7.07. The third-order valence-corrected chi connectivity index (χ3v) is 7.52. The quantitative estimate of drug-likeness (QED) is 0.129. The van der Waals surface area contributed by atoms with E-state index in [-0.39, 0.29) is 5.91 Å². The second kappa shape index (κ2) is 17.2. The van der Waals surface area contributed by atoms with Gasteiger partial charge >= 0.3 is 0 Å². The summed E-state index contributed by atoms with van der Waals surface area (Å²) in [7, 11) is 0. The summed E-state index contributed by atoms with van der Waals surface area (Å²) < 4.78 is 8.00. The summed E-state index contributed by atoms with van der Waals surface area (Å²) in [4.78, 5) is 12.7. The van der Waals surface area contributed by atoms with Crippen LogP contribution in [0.2, 0.25) is 5.02 Å². The molecule has 200 valence electrons. The SMILES string of the molecule is CCCCCCCCCCCCCCOc1ccc(NC(=O)c2ccc(C[n+]3ccsc3)cc2)cc1Cl.